The SMILES string of the molecule is COc1ccc(C(=O)N2CCC3(CCC(CN4CCN(c5ccc(NC6NCC7C(=O)N8C/C=C\CC[C@@](C)(O)C9CCCC(N9)N8C7N6)cc5)CC4)CC3)CC2)cc1C1CCC(=O)NC1=O. The maximum Gasteiger partial charge on any atom is 0.253 e. The van der Waals surface area contributed by atoms with Gasteiger partial charge in [-0.05, 0) is 138 Å². The van der Waals surface area contributed by atoms with Crippen LogP contribution in [0.15, 0.2) is 54.6 Å². The molecular weight excluding hydrogens is 849 g/mol. The number of piperidine rings is 3. The summed E-state index contributed by atoms with van der Waals surface area (Å²) in [5.74, 6) is 0.104. The highest BCUT2D eigenvalue weighted by molar-refractivity contribution is 6.02. The van der Waals surface area contributed by atoms with Gasteiger partial charge in [-0.3, -0.25) is 50.4 Å². The van der Waals surface area contributed by atoms with E-state index in [1.54, 1.807) is 25.3 Å². The average Bonchev–Trinajstić information content (AvgIpc) is 3.61. The number of hydrazine groups is 1. The van der Waals surface area contributed by atoms with Gasteiger partial charge in [-0.15, -0.1) is 0 Å². The first kappa shape index (κ1) is 46.2. The molecule has 362 valence electrons. The number of aliphatic hydroxyl groups is 1. The molecule has 0 aromatic heterocycles. The van der Waals surface area contributed by atoms with Gasteiger partial charge in [0, 0.05) is 87.3 Å². The highest BCUT2D eigenvalue weighted by Crippen LogP contribution is 2.47. The Hall–Kier alpha value is -4.58. The number of hydrogen-bond acceptors (Lipinski definition) is 13. The molecule has 1 saturated carbocycles. The molecule has 1 aliphatic carbocycles. The molecule has 7 heterocycles. The number of nitrogens with zero attached hydrogens (tertiary/aromatic N) is 5. The number of allylic oxidation sites excluding steroid dienone is 1. The smallest absolute Gasteiger partial charge is 0.253 e. The monoisotopic (exact) mass is 921 g/mol. The number of anilines is 2. The Morgan fingerprint density at radius 1 is 0.881 bits per heavy atom. The van der Waals surface area contributed by atoms with E-state index in [0.29, 0.717) is 54.1 Å². The van der Waals surface area contributed by atoms with Crippen LogP contribution in [0.2, 0.25) is 0 Å². The van der Waals surface area contributed by atoms with Crippen molar-refractivity contribution in [3.63, 3.8) is 0 Å². The molecule has 7 fully saturated rings. The van der Waals surface area contributed by atoms with E-state index in [9.17, 15) is 24.3 Å². The second kappa shape index (κ2) is 19.4. The number of amides is 4. The summed E-state index contributed by atoms with van der Waals surface area (Å²) in [6.07, 6.45) is 15.8. The molecule has 2 aromatic carbocycles. The summed E-state index contributed by atoms with van der Waals surface area (Å²) in [6, 6.07) is 14.1. The van der Waals surface area contributed by atoms with E-state index < -0.39 is 11.5 Å². The van der Waals surface area contributed by atoms with Crippen molar-refractivity contribution in [2.75, 3.05) is 76.2 Å². The Labute approximate surface area is 395 Å². The number of nitrogens with one attached hydrogen (secondary N) is 5. The molecule has 6 N–H and O–H groups in total. The molecule has 2 aromatic rings. The Morgan fingerprint density at radius 3 is 2.40 bits per heavy atom. The summed E-state index contributed by atoms with van der Waals surface area (Å²) in [5.41, 5.74) is 3.00. The van der Waals surface area contributed by atoms with Gasteiger partial charge in [0.1, 0.15) is 12.0 Å². The zero-order chi connectivity index (χ0) is 46.3. The quantitative estimate of drug-likeness (QED) is 0.167. The second-order valence-electron chi connectivity index (χ2n) is 21.1. The maximum atomic E-state index is 13.8. The zero-order valence-electron chi connectivity index (χ0n) is 39.5. The lowest BCUT2D eigenvalue weighted by atomic mass is 9.65. The average molecular weight is 921 g/mol. The maximum absolute atomic E-state index is 13.8. The molecule has 10 rings (SSSR count). The second-order valence-corrected chi connectivity index (χ2v) is 21.1. The normalized spacial score (nSPS) is 32.5. The Kier molecular flexibility index (Phi) is 13.4. The van der Waals surface area contributed by atoms with Gasteiger partial charge in [0.15, 0.2) is 0 Å². The van der Waals surface area contributed by atoms with Crippen LogP contribution < -0.4 is 36.2 Å². The van der Waals surface area contributed by atoms with E-state index in [0.717, 1.165) is 90.0 Å². The third kappa shape index (κ3) is 9.71. The summed E-state index contributed by atoms with van der Waals surface area (Å²) in [7, 11) is 1.56. The largest absolute Gasteiger partial charge is 0.496 e. The van der Waals surface area contributed by atoms with Gasteiger partial charge in [0.25, 0.3) is 5.91 Å². The number of fused-ring (bicyclic) bond motifs is 6. The van der Waals surface area contributed by atoms with Crippen LogP contribution in [0.3, 0.4) is 0 Å². The molecule has 7 atom stereocenters. The van der Waals surface area contributed by atoms with Crippen LogP contribution >= 0.6 is 0 Å². The first-order chi connectivity index (χ1) is 32.5. The van der Waals surface area contributed by atoms with Gasteiger partial charge in [-0.1, -0.05) is 12.2 Å². The van der Waals surface area contributed by atoms with Crippen molar-refractivity contribution >= 4 is 35.0 Å². The summed E-state index contributed by atoms with van der Waals surface area (Å²) in [4.78, 5) is 59.2. The fourth-order valence-electron chi connectivity index (χ4n) is 12.7. The van der Waals surface area contributed by atoms with Crippen molar-refractivity contribution < 1.29 is 29.0 Å². The summed E-state index contributed by atoms with van der Waals surface area (Å²) >= 11 is 0. The lowest BCUT2D eigenvalue weighted by Crippen LogP contribution is -2.69. The molecule has 7 aliphatic heterocycles. The van der Waals surface area contributed by atoms with E-state index in [-0.39, 0.29) is 60.6 Å². The van der Waals surface area contributed by atoms with Gasteiger partial charge in [-0.2, -0.15) is 5.01 Å². The van der Waals surface area contributed by atoms with Gasteiger partial charge in [0.2, 0.25) is 17.7 Å². The van der Waals surface area contributed by atoms with Gasteiger partial charge in [0.05, 0.1) is 43.4 Å². The van der Waals surface area contributed by atoms with Gasteiger partial charge < -0.3 is 25.0 Å². The Bertz CT molecular complexity index is 2160. The standard InChI is InChI=1S/C51H72N10O6/c1-50(66)19-4-3-5-24-60-48(65)40-32-52-49(56-45(40)61(60)43-8-6-7-42(50)54-43)53-36-10-12-37(13-11-36)58-29-27-57(28-30-58)33-34-17-20-51(21-18-34)22-25-59(26-23-51)47(64)35-9-15-41(67-2)39(31-35)38-14-16-44(62)55-46(38)63/h3,5,9-13,15,31,34,38,40,42-43,45,49,52-54,56,66H,4,6-8,14,16-30,32-33H2,1-2H3,(H,55,62,63)/b5-3-/t38?,40?,42?,43?,45?,49?,50-/m1/s1. The van der Waals surface area contributed by atoms with Crippen molar-refractivity contribution in [1.29, 1.82) is 0 Å². The zero-order valence-corrected chi connectivity index (χ0v) is 39.5. The number of benzene rings is 2. The Balaban J connectivity index is 0.668. The third-order valence-electron chi connectivity index (χ3n) is 16.9. The van der Waals surface area contributed by atoms with E-state index in [1.165, 1.54) is 31.4 Å². The summed E-state index contributed by atoms with van der Waals surface area (Å²) < 4.78 is 5.56. The molecule has 4 amide bonds. The summed E-state index contributed by atoms with van der Waals surface area (Å²) in [5, 5.41) is 32.7. The number of imide groups is 1. The number of piperazine rings is 1. The molecule has 8 aliphatic rings. The predicted octanol–water partition coefficient (Wildman–Crippen LogP) is 3.91. The minimum atomic E-state index is -0.808. The molecule has 2 bridgehead atoms. The van der Waals surface area contributed by atoms with E-state index in [1.807, 2.05) is 16.8 Å². The molecule has 1 spiro atoms. The van der Waals surface area contributed by atoms with Crippen molar-refractivity contribution in [1.82, 2.24) is 41.1 Å². The van der Waals surface area contributed by atoms with Crippen LogP contribution in [-0.2, 0) is 14.4 Å². The topological polar surface area (TPSA) is 174 Å². The minimum absolute atomic E-state index is 0.00102. The number of hydrogen-bond donors (Lipinski definition) is 6. The van der Waals surface area contributed by atoms with E-state index in [2.05, 4.69) is 77.8 Å². The number of carbonyl (C=O) groups excluding carboxylic acids is 4. The van der Waals surface area contributed by atoms with Crippen molar-refractivity contribution in [2.24, 2.45) is 17.3 Å². The molecule has 16 heteroatoms. The fourth-order valence-corrected chi connectivity index (χ4v) is 12.7. The number of carbonyl (C=O) groups is 4. The molecular formula is C51H72N10O6. The minimum Gasteiger partial charge on any atom is -0.496 e. The molecule has 16 nitrogen and oxygen atoms in total. The molecule has 6 saturated heterocycles. The lowest BCUT2D eigenvalue weighted by Gasteiger charge is -2.47. The lowest BCUT2D eigenvalue weighted by molar-refractivity contribution is -0.146. The highest BCUT2D eigenvalue weighted by Gasteiger charge is 2.53. The van der Waals surface area contributed by atoms with Gasteiger partial charge >= 0.3 is 0 Å². The molecule has 0 radical (unpaired) electrons. The first-order valence-corrected chi connectivity index (χ1v) is 25.3. The van der Waals surface area contributed by atoms with Crippen LogP contribution in [0.1, 0.15) is 112 Å². The van der Waals surface area contributed by atoms with Crippen LogP contribution in [0.5, 0.6) is 5.75 Å². The van der Waals surface area contributed by atoms with Crippen LogP contribution in [0, 0.1) is 17.3 Å². The van der Waals surface area contributed by atoms with Crippen molar-refractivity contribution in [3.05, 3.63) is 65.7 Å². The molecule has 6 unspecified atom stereocenters. The van der Waals surface area contributed by atoms with Crippen LogP contribution in [0.4, 0.5) is 11.4 Å². The number of methoxy groups -OCH3 is 1. The fraction of sp³-hybridized carbons (Fsp3) is 0.647. The van der Waals surface area contributed by atoms with E-state index >= 15 is 0 Å². The van der Waals surface area contributed by atoms with Crippen LogP contribution in [-0.4, -0.2) is 145 Å². The number of ether oxygens (including phenoxy) is 1. The number of rotatable bonds is 8. The predicted molar refractivity (Wildman–Crippen MR) is 256 cm³/mol. The Morgan fingerprint density at radius 2 is 1.66 bits per heavy atom. The molecule has 67 heavy (non-hydrogen) atoms. The number of likely N-dealkylation sites (tertiary alicyclic amines) is 1. The van der Waals surface area contributed by atoms with Crippen molar-refractivity contribution in [3.8, 4) is 5.75 Å². The first-order valence-electron chi connectivity index (χ1n) is 25.3. The van der Waals surface area contributed by atoms with Crippen LogP contribution in [0.25, 0.3) is 0 Å². The highest BCUT2D eigenvalue weighted by atomic mass is 16.5. The van der Waals surface area contributed by atoms with E-state index in [4.69, 9.17) is 4.74 Å². The van der Waals surface area contributed by atoms with Gasteiger partial charge in [-0.25, -0.2) is 0 Å². The van der Waals surface area contributed by atoms with Crippen molar-refractivity contribution in [2.45, 2.75) is 127 Å². The summed E-state index contributed by atoms with van der Waals surface area (Å²) in [6.45, 7) is 9.85. The third-order valence-corrected chi connectivity index (χ3v) is 16.9.